The Hall–Kier alpha value is -2.70. The number of carbonyl (C=O) groups is 2. The minimum absolute atomic E-state index is 0.0705. The minimum Gasteiger partial charge on any atom is -0.338 e. The average molecular weight is 393 g/mol. The number of fused-ring (bicyclic) bond motifs is 1. The third-order valence-corrected chi connectivity index (χ3v) is 6.43. The molecule has 5 rings (SSSR count). The summed E-state index contributed by atoms with van der Waals surface area (Å²) in [6, 6.07) is 8.43. The average Bonchev–Trinajstić information content (AvgIpc) is 3.24. The van der Waals surface area contributed by atoms with Crippen LogP contribution in [0.15, 0.2) is 30.5 Å². The molecule has 1 atom stereocenters. The van der Waals surface area contributed by atoms with Gasteiger partial charge in [-0.3, -0.25) is 9.59 Å². The lowest BCUT2D eigenvalue weighted by Crippen LogP contribution is -2.38. The first kappa shape index (κ1) is 18.3. The summed E-state index contributed by atoms with van der Waals surface area (Å²) in [5, 5.41) is 8.32. The van der Waals surface area contributed by atoms with E-state index >= 15 is 0 Å². The molecule has 1 aliphatic carbocycles. The van der Waals surface area contributed by atoms with E-state index in [4.69, 9.17) is 0 Å². The highest BCUT2D eigenvalue weighted by atomic mass is 16.2. The molecule has 1 saturated heterocycles. The summed E-state index contributed by atoms with van der Waals surface area (Å²) in [6.07, 6.45) is 7.71. The third kappa shape index (κ3) is 3.91. The van der Waals surface area contributed by atoms with Gasteiger partial charge in [-0.25, -0.2) is 4.68 Å². The van der Waals surface area contributed by atoms with E-state index in [2.05, 4.69) is 22.4 Å². The quantitative estimate of drug-likeness (QED) is 0.781. The van der Waals surface area contributed by atoms with Crippen LogP contribution >= 0.6 is 0 Å². The van der Waals surface area contributed by atoms with Gasteiger partial charge in [0, 0.05) is 26.1 Å². The van der Waals surface area contributed by atoms with Gasteiger partial charge < -0.3 is 9.80 Å². The third-order valence-electron chi connectivity index (χ3n) is 6.43. The SMILES string of the molecule is O=C(c1cn(CC2CCCN2C(=O)CC2CC2)nn1)N1CCc2ccccc2C1. The van der Waals surface area contributed by atoms with Gasteiger partial charge in [0.05, 0.1) is 18.8 Å². The van der Waals surface area contributed by atoms with Crippen LogP contribution in [0.5, 0.6) is 0 Å². The number of rotatable bonds is 5. The molecule has 0 bridgehead atoms. The first-order valence-corrected chi connectivity index (χ1v) is 10.7. The van der Waals surface area contributed by atoms with Crippen molar-refractivity contribution in [3.63, 3.8) is 0 Å². The summed E-state index contributed by atoms with van der Waals surface area (Å²) < 4.78 is 1.73. The highest BCUT2D eigenvalue weighted by Gasteiger charge is 2.33. The predicted octanol–water partition coefficient (Wildman–Crippen LogP) is 2.27. The van der Waals surface area contributed by atoms with Gasteiger partial charge in [0.1, 0.15) is 0 Å². The van der Waals surface area contributed by atoms with Crippen molar-refractivity contribution in [1.82, 2.24) is 24.8 Å². The maximum absolute atomic E-state index is 12.9. The van der Waals surface area contributed by atoms with Gasteiger partial charge in [0.2, 0.25) is 5.91 Å². The molecule has 2 aromatic rings. The van der Waals surface area contributed by atoms with Crippen molar-refractivity contribution in [2.75, 3.05) is 13.1 Å². The van der Waals surface area contributed by atoms with Crippen LogP contribution in [0, 0.1) is 5.92 Å². The maximum Gasteiger partial charge on any atom is 0.276 e. The number of nitrogens with zero attached hydrogens (tertiary/aromatic N) is 5. The van der Waals surface area contributed by atoms with E-state index in [0.29, 0.717) is 37.7 Å². The lowest BCUT2D eigenvalue weighted by Gasteiger charge is -2.28. The van der Waals surface area contributed by atoms with Crippen LogP contribution in [-0.4, -0.2) is 55.7 Å². The smallest absolute Gasteiger partial charge is 0.276 e. The van der Waals surface area contributed by atoms with Crippen LogP contribution in [0.2, 0.25) is 0 Å². The molecule has 2 amide bonds. The number of carbonyl (C=O) groups excluding carboxylic acids is 2. The van der Waals surface area contributed by atoms with Gasteiger partial charge in [-0.15, -0.1) is 5.10 Å². The van der Waals surface area contributed by atoms with Crippen molar-refractivity contribution in [2.45, 2.75) is 57.7 Å². The number of benzene rings is 1. The molecule has 152 valence electrons. The van der Waals surface area contributed by atoms with Crippen molar-refractivity contribution in [3.05, 3.63) is 47.3 Å². The number of amides is 2. The van der Waals surface area contributed by atoms with Gasteiger partial charge >= 0.3 is 0 Å². The predicted molar refractivity (Wildman–Crippen MR) is 107 cm³/mol. The molecule has 2 aliphatic heterocycles. The Morgan fingerprint density at radius 1 is 1.07 bits per heavy atom. The molecule has 3 heterocycles. The summed E-state index contributed by atoms with van der Waals surface area (Å²) in [4.78, 5) is 29.3. The summed E-state index contributed by atoms with van der Waals surface area (Å²) >= 11 is 0. The van der Waals surface area contributed by atoms with Crippen molar-refractivity contribution < 1.29 is 9.59 Å². The standard InChI is InChI=1S/C22H27N5O2/c28-21(12-16-7-8-16)27-10-3-6-19(27)14-26-15-20(23-24-26)22(29)25-11-9-17-4-1-2-5-18(17)13-25/h1-2,4-5,15-16,19H,3,6-14H2. The maximum atomic E-state index is 12.9. The fourth-order valence-corrected chi connectivity index (χ4v) is 4.57. The number of hydrogen-bond acceptors (Lipinski definition) is 4. The van der Waals surface area contributed by atoms with Crippen LogP contribution in [0.25, 0.3) is 0 Å². The first-order valence-electron chi connectivity index (χ1n) is 10.7. The summed E-state index contributed by atoms with van der Waals surface area (Å²) in [6.45, 7) is 2.77. The fraction of sp³-hybridized carbons (Fsp3) is 0.545. The zero-order valence-electron chi connectivity index (χ0n) is 16.7. The number of hydrogen-bond donors (Lipinski definition) is 0. The van der Waals surface area contributed by atoms with Gasteiger partial charge in [-0.05, 0) is 49.1 Å². The van der Waals surface area contributed by atoms with Gasteiger partial charge in [0.15, 0.2) is 5.69 Å². The molecule has 7 heteroatoms. The summed E-state index contributed by atoms with van der Waals surface area (Å²) in [7, 11) is 0. The zero-order valence-corrected chi connectivity index (χ0v) is 16.7. The molecule has 1 aromatic carbocycles. The fourth-order valence-electron chi connectivity index (χ4n) is 4.57. The van der Waals surface area contributed by atoms with Gasteiger partial charge in [-0.2, -0.15) is 0 Å². The molecular weight excluding hydrogens is 366 g/mol. The molecule has 29 heavy (non-hydrogen) atoms. The summed E-state index contributed by atoms with van der Waals surface area (Å²) in [5.74, 6) is 0.811. The Kier molecular flexibility index (Phi) is 4.81. The monoisotopic (exact) mass is 393 g/mol. The molecule has 0 radical (unpaired) electrons. The van der Waals surface area contributed by atoms with Crippen LogP contribution in [0.3, 0.4) is 0 Å². The van der Waals surface area contributed by atoms with Crippen LogP contribution in [-0.2, 0) is 24.3 Å². The second-order valence-electron chi connectivity index (χ2n) is 8.60. The van der Waals surface area contributed by atoms with E-state index < -0.39 is 0 Å². The Morgan fingerprint density at radius 2 is 1.90 bits per heavy atom. The van der Waals surface area contributed by atoms with Crippen molar-refractivity contribution in [2.24, 2.45) is 5.92 Å². The molecule has 1 saturated carbocycles. The van der Waals surface area contributed by atoms with E-state index in [9.17, 15) is 9.59 Å². The zero-order chi connectivity index (χ0) is 19.8. The molecule has 0 spiro atoms. The Bertz CT molecular complexity index is 919. The normalized spacial score (nSPS) is 21.3. The topological polar surface area (TPSA) is 71.3 Å². The van der Waals surface area contributed by atoms with Crippen molar-refractivity contribution >= 4 is 11.8 Å². The van der Waals surface area contributed by atoms with E-state index in [1.165, 1.54) is 24.0 Å². The summed E-state index contributed by atoms with van der Waals surface area (Å²) in [5.41, 5.74) is 2.91. The molecule has 1 aromatic heterocycles. The molecule has 2 fully saturated rings. The highest BCUT2D eigenvalue weighted by molar-refractivity contribution is 5.92. The van der Waals surface area contributed by atoms with Crippen molar-refractivity contribution in [3.8, 4) is 0 Å². The number of aromatic nitrogens is 3. The van der Waals surface area contributed by atoms with Gasteiger partial charge in [0.25, 0.3) is 5.91 Å². The second-order valence-corrected chi connectivity index (χ2v) is 8.60. The van der Waals surface area contributed by atoms with E-state index in [0.717, 1.165) is 25.8 Å². The first-order chi connectivity index (χ1) is 14.2. The highest BCUT2D eigenvalue weighted by Crippen LogP contribution is 2.34. The molecule has 0 N–H and O–H groups in total. The lowest BCUT2D eigenvalue weighted by molar-refractivity contribution is -0.132. The Morgan fingerprint density at radius 3 is 2.72 bits per heavy atom. The second kappa shape index (κ2) is 7.61. The van der Waals surface area contributed by atoms with Crippen LogP contribution < -0.4 is 0 Å². The van der Waals surface area contributed by atoms with Gasteiger partial charge in [-0.1, -0.05) is 29.5 Å². The van der Waals surface area contributed by atoms with E-state index in [1.807, 2.05) is 21.9 Å². The van der Waals surface area contributed by atoms with E-state index in [1.54, 1.807) is 10.9 Å². The number of likely N-dealkylation sites (tertiary alicyclic amines) is 1. The largest absolute Gasteiger partial charge is 0.338 e. The Labute approximate surface area is 170 Å². The molecule has 1 unspecified atom stereocenters. The lowest BCUT2D eigenvalue weighted by atomic mass is 10.00. The minimum atomic E-state index is -0.0705. The molecule has 3 aliphatic rings. The van der Waals surface area contributed by atoms with E-state index in [-0.39, 0.29) is 17.9 Å². The Balaban J connectivity index is 1.22. The van der Waals surface area contributed by atoms with Crippen LogP contribution in [0.4, 0.5) is 0 Å². The van der Waals surface area contributed by atoms with Crippen LogP contribution in [0.1, 0.15) is 53.7 Å². The molecular formula is C22H27N5O2. The van der Waals surface area contributed by atoms with Crippen molar-refractivity contribution in [1.29, 1.82) is 0 Å². The molecule has 7 nitrogen and oxygen atoms in total.